The van der Waals surface area contributed by atoms with E-state index in [2.05, 4.69) is 32.5 Å². The van der Waals surface area contributed by atoms with E-state index >= 15 is 0 Å². The highest BCUT2D eigenvalue weighted by molar-refractivity contribution is 5.86. The minimum absolute atomic E-state index is 0.0248. The zero-order valence-electron chi connectivity index (χ0n) is 17.9. The van der Waals surface area contributed by atoms with Crippen LogP contribution in [0, 0.1) is 6.92 Å². The van der Waals surface area contributed by atoms with Crippen molar-refractivity contribution < 1.29 is 14.6 Å². The van der Waals surface area contributed by atoms with E-state index in [4.69, 9.17) is 9.47 Å². The van der Waals surface area contributed by atoms with Crippen molar-refractivity contribution in [3.8, 4) is 11.5 Å². The summed E-state index contributed by atoms with van der Waals surface area (Å²) in [6, 6.07) is 9.43. The van der Waals surface area contributed by atoms with E-state index in [-0.39, 0.29) is 12.6 Å². The number of benzene rings is 1. The summed E-state index contributed by atoms with van der Waals surface area (Å²) in [6.45, 7) is 4.52. The van der Waals surface area contributed by atoms with E-state index in [0.29, 0.717) is 23.8 Å². The molecule has 0 aliphatic rings. The smallest absolute Gasteiger partial charge is 0.225 e. The van der Waals surface area contributed by atoms with E-state index in [9.17, 15) is 5.11 Å². The van der Waals surface area contributed by atoms with Gasteiger partial charge in [0.2, 0.25) is 5.95 Å². The summed E-state index contributed by atoms with van der Waals surface area (Å²) in [6.07, 6.45) is 1.79. The highest BCUT2D eigenvalue weighted by Gasteiger charge is 2.14. The van der Waals surface area contributed by atoms with Gasteiger partial charge in [0.25, 0.3) is 0 Å². The average Bonchev–Trinajstić information content (AvgIpc) is 2.77. The second kappa shape index (κ2) is 10.1. The third kappa shape index (κ3) is 5.07. The molecule has 3 aromatic rings. The van der Waals surface area contributed by atoms with Crippen LogP contribution in [0.5, 0.6) is 11.5 Å². The second-order valence-corrected chi connectivity index (χ2v) is 7.06. The predicted octanol–water partition coefficient (Wildman–Crippen LogP) is 3.54. The number of rotatable bonds is 10. The molecule has 0 bridgehead atoms. The van der Waals surface area contributed by atoms with Crippen LogP contribution in [0.4, 0.5) is 11.8 Å². The first kappa shape index (κ1) is 21.6. The molecular formula is C22H29N5O3. The maximum absolute atomic E-state index is 9.70. The van der Waals surface area contributed by atoms with Crippen LogP contribution in [0.15, 0.2) is 30.3 Å². The lowest BCUT2D eigenvalue weighted by Crippen LogP contribution is -2.24. The molecule has 0 spiro atoms. The molecule has 0 saturated heterocycles. The molecule has 2 aromatic heterocycles. The molecule has 0 aliphatic heterocycles. The van der Waals surface area contributed by atoms with Crippen molar-refractivity contribution in [2.45, 2.75) is 39.3 Å². The first-order valence-electron chi connectivity index (χ1n) is 10.1. The number of hydrogen-bond acceptors (Lipinski definition) is 8. The molecule has 1 atom stereocenters. The van der Waals surface area contributed by atoms with Crippen LogP contribution in [0.2, 0.25) is 0 Å². The highest BCUT2D eigenvalue weighted by atomic mass is 16.5. The SMILES string of the molecule is CCC[C@H](CO)Nc1nc(NCc2ccc(OC)cc2OC)nc2ccc(C)nc12. The summed E-state index contributed by atoms with van der Waals surface area (Å²) >= 11 is 0. The van der Waals surface area contributed by atoms with Gasteiger partial charge in [-0.3, -0.25) is 0 Å². The molecule has 30 heavy (non-hydrogen) atoms. The number of nitrogens with zero attached hydrogens (tertiary/aromatic N) is 3. The Morgan fingerprint density at radius 1 is 1.07 bits per heavy atom. The monoisotopic (exact) mass is 411 g/mol. The van der Waals surface area contributed by atoms with E-state index in [1.54, 1.807) is 14.2 Å². The molecule has 0 aliphatic carbocycles. The van der Waals surface area contributed by atoms with E-state index < -0.39 is 0 Å². The Balaban J connectivity index is 1.90. The molecule has 0 amide bonds. The summed E-state index contributed by atoms with van der Waals surface area (Å²) < 4.78 is 10.7. The fourth-order valence-electron chi connectivity index (χ4n) is 3.21. The molecule has 0 unspecified atom stereocenters. The van der Waals surface area contributed by atoms with Gasteiger partial charge in [0.15, 0.2) is 5.82 Å². The first-order valence-corrected chi connectivity index (χ1v) is 10.1. The van der Waals surface area contributed by atoms with Crippen molar-refractivity contribution in [1.82, 2.24) is 15.0 Å². The van der Waals surface area contributed by atoms with Gasteiger partial charge in [-0.2, -0.15) is 4.98 Å². The third-order valence-electron chi connectivity index (χ3n) is 4.81. The Hall–Kier alpha value is -3.13. The van der Waals surface area contributed by atoms with Crippen LogP contribution in [0.1, 0.15) is 31.0 Å². The molecule has 8 nitrogen and oxygen atoms in total. The molecule has 0 fully saturated rings. The van der Waals surface area contributed by atoms with Gasteiger partial charge in [-0.25, -0.2) is 9.97 Å². The summed E-state index contributed by atoms with van der Waals surface area (Å²) in [5.41, 5.74) is 3.26. The van der Waals surface area contributed by atoms with Gasteiger partial charge >= 0.3 is 0 Å². The van der Waals surface area contributed by atoms with Gasteiger partial charge < -0.3 is 25.2 Å². The molecule has 0 saturated carbocycles. The van der Waals surface area contributed by atoms with Gasteiger partial charge in [0, 0.05) is 23.9 Å². The topological polar surface area (TPSA) is 101 Å². The number of aliphatic hydroxyl groups is 1. The number of nitrogens with one attached hydrogen (secondary N) is 2. The van der Waals surface area contributed by atoms with Gasteiger partial charge in [0.05, 0.1) is 32.4 Å². The number of aliphatic hydroxyl groups excluding tert-OH is 1. The Morgan fingerprint density at radius 3 is 2.60 bits per heavy atom. The lowest BCUT2D eigenvalue weighted by molar-refractivity contribution is 0.268. The van der Waals surface area contributed by atoms with E-state index in [0.717, 1.165) is 41.1 Å². The van der Waals surface area contributed by atoms with Crippen LogP contribution in [0.25, 0.3) is 11.0 Å². The number of ether oxygens (including phenoxy) is 2. The van der Waals surface area contributed by atoms with Crippen molar-refractivity contribution in [1.29, 1.82) is 0 Å². The lowest BCUT2D eigenvalue weighted by Gasteiger charge is -2.18. The molecule has 3 N–H and O–H groups in total. The van der Waals surface area contributed by atoms with Crippen LogP contribution in [0.3, 0.4) is 0 Å². The van der Waals surface area contributed by atoms with Crippen molar-refractivity contribution >= 4 is 22.8 Å². The van der Waals surface area contributed by atoms with E-state index in [1.165, 1.54) is 0 Å². The number of pyridine rings is 1. The van der Waals surface area contributed by atoms with Gasteiger partial charge in [0.1, 0.15) is 17.0 Å². The summed E-state index contributed by atoms with van der Waals surface area (Å²) in [5.74, 6) is 2.54. The number of fused-ring (bicyclic) bond motifs is 1. The summed E-state index contributed by atoms with van der Waals surface area (Å²) in [5, 5.41) is 16.3. The Labute approximate surface area is 176 Å². The lowest BCUT2D eigenvalue weighted by atomic mass is 10.2. The van der Waals surface area contributed by atoms with Crippen LogP contribution >= 0.6 is 0 Å². The average molecular weight is 412 g/mol. The van der Waals surface area contributed by atoms with Crippen molar-refractivity contribution in [3.05, 3.63) is 41.6 Å². The quantitative estimate of drug-likeness (QED) is 0.466. The van der Waals surface area contributed by atoms with Crippen molar-refractivity contribution in [2.24, 2.45) is 0 Å². The number of anilines is 2. The van der Waals surface area contributed by atoms with Gasteiger partial charge in [-0.1, -0.05) is 13.3 Å². The van der Waals surface area contributed by atoms with Crippen LogP contribution in [-0.2, 0) is 6.54 Å². The Bertz CT molecular complexity index is 996. The zero-order chi connectivity index (χ0) is 21.5. The molecule has 160 valence electrons. The number of methoxy groups -OCH3 is 2. The van der Waals surface area contributed by atoms with Crippen molar-refractivity contribution in [2.75, 3.05) is 31.5 Å². The van der Waals surface area contributed by atoms with Crippen molar-refractivity contribution in [3.63, 3.8) is 0 Å². The Morgan fingerprint density at radius 2 is 1.90 bits per heavy atom. The number of aryl methyl sites for hydroxylation is 1. The molecule has 1 aromatic carbocycles. The maximum atomic E-state index is 9.70. The number of aromatic nitrogens is 3. The minimum atomic E-state index is -0.0926. The van der Waals surface area contributed by atoms with E-state index in [1.807, 2.05) is 37.3 Å². The molecular weight excluding hydrogens is 382 g/mol. The molecule has 3 rings (SSSR count). The van der Waals surface area contributed by atoms with Crippen LogP contribution in [-0.4, -0.2) is 46.9 Å². The standard InChI is InChI=1S/C22H29N5O3/c1-5-6-16(13-28)25-21-20-18(10-7-14(2)24-20)26-22(27-21)23-12-15-8-9-17(29-3)11-19(15)30-4/h7-11,16,28H,5-6,12-13H2,1-4H3,(H2,23,25,26,27)/t16-/m1/s1. The second-order valence-electron chi connectivity index (χ2n) is 7.06. The molecule has 2 heterocycles. The molecule has 0 radical (unpaired) electrons. The normalized spacial score (nSPS) is 11.9. The first-order chi connectivity index (χ1) is 14.6. The number of hydrogen-bond donors (Lipinski definition) is 3. The highest BCUT2D eigenvalue weighted by Crippen LogP contribution is 2.26. The minimum Gasteiger partial charge on any atom is -0.497 e. The zero-order valence-corrected chi connectivity index (χ0v) is 17.9. The third-order valence-corrected chi connectivity index (χ3v) is 4.81. The maximum Gasteiger partial charge on any atom is 0.225 e. The fraction of sp³-hybridized carbons (Fsp3) is 0.409. The van der Waals surface area contributed by atoms with Crippen LogP contribution < -0.4 is 20.1 Å². The van der Waals surface area contributed by atoms with Gasteiger partial charge in [-0.05, 0) is 37.6 Å². The van der Waals surface area contributed by atoms with Gasteiger partial charge in [-0.15, -0.1) is 0 Å². The molecule has 8 heteroatoms. The summed E-state index contributed by atoms with van der Waals surface area (Å²) in [7, 11) is 3.25. The summed E-state index contributed by atoms with van der Waals surface area (Å²) in [4.78, 5) is 13.8. The predicted molar refractivity (Wildman–Crippen MR) is 118 cm³/mol. The fourth-order valence-corrected chi connectivity index (χ4v) is 3.21. The largest absolute Gasteiger partial charge is 0.497 e. The Kier molecular flexibility index (Phi) is 7.24.